The standard InChI is InChI=1S/C27H24N2O3/c1-17(18-7-3-2-4-8-18)26(30)27(22-15-28-23-10-6-5-9-20(22)23)21-14-25-24(31-16-32-25)13-19(21)11-12-29-27/h2-10,13-15,17,28-29H,11-12,16H2,1H3. The Labute approximate surface area is 186 Å². The van der Waals surface area contributed by atoms with Crippen molar-refractivity contribution in [2.45, 2.75) is 24.8 Å². The second-order valence-electron chi connectivity index (χ2n) is 8.53. The molecule has 0 spiro atoms. The van der Waals surface area contributed by atoms with Crippen LogP contribution in [0.1, 0.15) is 35.1 Å². The number of carbonyl (C=O) groups is 1. The number of ketones is 1. The van der Waals surface area contributed by atoms with Crippen molar-refractivity contribution in [3.63, 3.8) is 0 Å². The van der Waals surface area contributed by atoms with E-state index in [1.54, 1.807) is 0 Å². The van der Waals surface area contributed by atoms with Gasteiger partial charge in [-0.3, -0.25) is 10.1 Å². The van der Waals surface area contributed by atoms with Crippen LogP contribution in [-0.4, -0.2) is 24.1 Å². The molecule has 4 aromatic rings. The van der Waals surface area contributed by atoms with Crippen LogP contribution < -0.4 is 14.8 Å². The maximum Gasteiger partial charge on any atom is 0.231 e. The summed E-state index contributed by atoms with van der Waals surface area (Å²) < 4.78 is 11.4. The first-order chi connectivity index (χ1) is 15.7. The minimum Gasteiger partial charge on any atom is -0.454 e. The summed E-state index contributed by atoms with van der Waals surface area (Å²) >= 11 is 0. The quantitative estimate of drug-likeness (QED) is 0.500. The van der Waals surface area contributed by atoms with Crippen molar-refractivity contribution in [3.05, 3.63) is 95.2 Å². The fraction of sp³-hybridized carbons (Fsp3) is 0.222. The van der Waals surface area contributed by atoms with E-state index in [9.17, 15) is 4.79 Å². The van der Waals surface area contributed by atoms with Crippen LogP contribution in [-0.2, 0) is 16.8 Å². The van der Waals surface area contributed by atoms with Gasteiger partial charge in [-0.1, -0.05) is 55.5 Å². The topological polar surface area (TPSA) is 63.4 Å². The van der Waals surface area contributed by atoms with Gasteiger partial charge in [-0.15, -0.1) is 0 Å². The van der Waals surface area contributed by atoms with Gasteiger partial charge in [0.2, 0.25) is 6.79 Å². The summed E-state index contributed by atoms with van der Waals surface area (Å²) in [6.07, 6.45) is 2.80. The first-order valence-electron chi connectivity index (χ1n) is 11.0. The third-order valence-corrected chi connectivity index (χ3v) is 6.84. The second-order valence-corrected chi connectivity index (χ2v) is 8.53. The summed E-state index contributed by atoms with van der Waals surface area (Å²) in [7, 11) is 0. The maximum absolute atomic E-state index is 14.5. The monoisotopic (exact) mass is 424 g/mol. The lowest BCUT2D eigenvalue weighted by Crippen LogP contribution is -2.55. The summed E-state index contributed by atoms with van der Waals surface area (Å²) in [5, 5.41) is 4.70. The van der Waals surface area contributed by atoms with Gasteiger partial charge >= 0.3 is 0 Å². The molecule has 2 aliphatic rings. The summed E-state index contributed by atoms with van der Waals surface area (Å²) in [6, 6.07) is 22.2. The van der Waals surface area contributed by atoms with Crippen molar-refractivity contribution in [2.75, 3.05) is 13.3 Å². The lowest BCUT2D eigenvalue weighted by atomic mass is 9.70. The second kappa shape index (κ2) is 7.24. The highest BCUT2D eigenvalue weighted by Crippen LogP contribution is 2.46. The highest BCUT2D eigenvalue weighted by Gasteiger charge is 2.48. The van der Waals surface area contributed by atoms with Crippen LogP contribution in [0.3, 0.4) is 0 Å². The van der Waals surface area contributed by atoms with Crippen LogP contribution in [0.2, 0.25) is 0 Å². The predicted molar refractivity (Wildman–Crippen MR) is 123 cm³/mol. The molecule has 0 aliphatic carbocycles. The highest BCUT2D eigenvalue weighted by molar-refractivity contribution is 6.02. The Morgan fingerprint density at radius 2 is 1.72 bits per heavy atom. The number of benzene rings is 3. The molecule has 0 saturated heterocycles. The number of para-hydroxylation sites is 1. The molecule has 5 nitrogen and oxygen atoms in total. The Balaban J connectivity index is 1.62. The molecule has 2 atom stereocenters. The molecule has 2 unspecified atom stereocenters. The Morgan fingerprint density at radius 1 is 0.969 bits per heavy atom. The van der Waals surface area contributed by atoms with Gasteiger partial charge in [0.1, 0.15) is 5.54 Å². The molecule has 3 heterocycles. The average Bonchev–Trinajstić information content (AvgIpc) is 3.49. The number of nitrogens with one attached hydrogen (secondary N) is 2. The third-order valence-electron chi connectivity index (χ3n) is 6.84. The van der Waals surface area contributed by atoms with Gasteiger partial charge in [-0.25, -0.2) is 0 Å². The smallest absolute Gasteiger partial charge is 0.231 e. The fourth-order valence-corrected chi connectivity index (χ4v) is 5.21. The van der Waals surface area contributed by atoms with Gasteiger partial charge in [-0.2, -0.15) is 0 Å². The molecule has 5 heteroatoms. The summed E-state index contributed by atoms with van der Waals surface area (Å²) in [4.78, 5) is 17.9. The van der Waals surface area contributed by atoms with Crippen molar-refractivity contribution < 1.29 is 14.3 Å². The molecule has 0 radical (unpaired) electrons. The fourth-order valence-electron chi connectivity index (χ4n) is 5.21. The van der Waals surface area contributed by atoms with Crippen molar-refractivity contribution in [3.8, 4) is 11.5 Å². The van der Waals surface area contributed by atoms with Gasteiger partial charge in [0.05, 0.1) is 0 Å². The number of aromatic nitrogens is 1. The zero-order valence-electron chi connectivity index (χ0n) is 17.9. The van der Waals surface area contributed by atoms with Gasteiger partial charge in [0.25, 0.3) is 0 Å². The van der Waals surface area contributed by atoms with E-state index < -0.39 is 5.54 Å². The summed E-state index contributed by atoms with van der Waals surface area (Å²) in [5.41, 5.74) is 4.03. The van der Waals surface area contributed by atoms with Gasteiger partial charge in [-0.05, 0) is 41.3 Å². The SMILES string of the molecule is CC(C(=O)C1(c2c[nH]c3ccccc23)NCCc2cc3c(cc21)OCO3)c1ccccc1. The van der Waals surface area contributed by atoms with E-state index in [2.05, 4.69) is 16.4 Å². The van der Waals surface area contributed by atoms with Crippen molar-refractivity contribution in [2.24, 2.45) is 0 Å². The molecule has 160 valence electrons. The molecule has 0 bridgehead atoms. The Morgan fingerprint density at radius 3 is 2.56 bits per heavy atom. The van der Waals surface area contributed by atoms with Crippen LogP contribution in [0, 0.1) is 0 Å². The number of hydrogen-bond donors (Lipinski definition) is 2. The Hall–Kier alpha value is -3.57. The minimum atomic E-state index is -0.997. The van der Waals surface area contributed by atoms with E-state index in [0.29, 0.717) is 12.3 Å². The molecule has 6 rings (SSSR count). The van der Waals surface area contributed by atoms with Crippen LogP contribution >= 0.6 is 0 Å². The molecular weight excluding hydrogens is 400 g/mol. The van der Waals surface area contributed by atoms with Crippen molar-refractivity contribution >= 4 is 16.7 Å². The van der Waals surface area contributed by atoms with Crippen LogP contribution in [0.5, 0.6) is 11.5 Å². The zero-order chi connectivity index (χ0) is 21.7. The van der Waals surface area contributed by atoms with Crippen molar-refractivity contribution in [1.29, 1.82) is 0 Å². The predicted octanol–water partition coefficient (Wildman–Crippen LogP) is 4.66. The van der Waals surface area contributed by atoms with Gasteiger partial charge in [0.15, 0.2) is 17.3 Å². The van der Waals surface area contributed by atoms with E-state index in [4.69, 9.17) is 9.47 Å². The summed E-state index contributed by atoms with van der Waals surface area (Å²) in [6.45, 7) is 2.90. The first-order valence-corrected chi connectivity index (χ1v) is 11.0. The number of carbonyl (C=O) groups excluding carboxylic acids is 1. The van der Waals surface area contributed by atoms with Crippen LogP contribution in [0.25, 0.3) is 10.9 Å². The van der Waals surface area contributed by atoms with E-state index in [1.807, 2.05) is 73.8 Å². The van der Waals surface area contributed by atoms with Gasteiger partial charge in [0, 0.05) is 35.1 Å². The number of fused-ring (bicyclic) bond motifs is 3. The molecule has 32 heavy (non-hydrogen) atoms. The highest BCUT2D eigenvalue weighted by atomic mass is 16.7. The molecule has 0 amide bonds. The normalized spacial score (nSPS) is 20.2. The molecule has 0 saturated carbocycles. The van der Waals surface area contributed by atoms with E-state index in [0.717, 1.165) is 45.3 Å². The molecule has 0 fully saturated rings. The number of hydrogen-bond acceptors (Lipinski definition) is 4. The van der Waals surface area contributed by atoms with E-state index in [1.165, 1.54) is 0 Å². The van der Waals surface area contributed by atoms with E-state index >= 15 is 0 Å². The van der Waals surface area contributed by atoms with Gasteiger partial charge < -0.3 is 14.5 Å². The van der Waals surface area contributed by atoms with E-state index in [-0.39, 0.29) is 18.5 Å². The number of rotatable bonds is 4. The Kier molecular flexibility index (Phi) is 4.33. The number of Topliss-reactive ketones (excluding diaryl/α,β-unsaturated/α-hetero) is 1. The Bertz CT molecular complexity index is 1330. The molecule has 2 aliphatic heterocycles. The number of aromatic amines is 1. The average molecular weight is 425 g/mol. The minimum absolute atomic E-state index is 0.119. The zero-order valence-corrected chi connectivity index (χ0v) is 17.9. The summed E-state index contributed by atoms with van der Waals surface area (Å²) in [5.74, 6) is 1.26. The number of ether oxygens (including phenoxy) is 2. The lowest BCUT2D eigenvalue weighted by Gasteiger charge is -2.40. The van der Waals surface area contributed by atoms with Crippen LogP contribution in [0.15, 0.2) is 72.9 Å². The number of H-pyrrole nitrogens is 1. The van der Waals surface area contributed by atoms with Crippen LogP contribution in [0.4, 0.5) is 0 Å². The third kappa shape index (κ3) is 2.71. The maximum atomic E-state index is 14.5. The molecule has 2 N–H and O–H groups in total. The van der Waals surface area contributed by atoms with Crippen molar-refractivity contribution in [1.82, 2.24) is 10.3 Å². The largest absolute Gasteiger partial charge is 0.454 e. The molecule has 1 aromatic heterocycles. The lowest BCUT2D eigenvalue weighted by molar-refractivity contribution is -0.125. The molecular formula is C27H24N2O3. The molecule has 3 aromatic carbocycles. The first kappa shape index (κ1) is 19.1.